The molecule has 19 heavy (non-hydrogen) atoms. The summed E-state index contributed by atoms with van der Waals surface area (Å²) in [5.74, 6) is 0. The van der Waals surface area contributed by atoms with Gasteiger partial charge in [-0.3, -0.25) is 0 Å². The maximum atomic E-state index is 9.28. The molecule has 0 aromatic carbocycles. The standard InChI is InChI=1S/C14H21N3OS/c1-10-4-5-14-16-7-12(17(14)8-10)6-15-11(2)13(9-18)19-3/h4-5,7-8,11,13,15,18H,6,9H2,1-3H3. The van der Waals surface area contributed by atoms with Crippen LogP contribution in [0.5, 0.6) is 0 Å². The SMILES string of the molecule is CSC(CO)C(C)NCc1cnc2ccc(C)cn12. The van der Waals surface area contributed by atoms with E-state index in [0.717, 1.165) is 17.9 Å². The molecule has 0 spiro atoms. The fourth-order valence-electron chi connectivity index (χ4n) is 2.10. The van der Waals surface area contributed by atoms with Crippen LogP contribution < -0.4 is 5.32 Å². The molecule has 0 saturated carbocycles. The van der Waals surface area contributed by atoms with E-state index in [4.69, 9.17) is 0 Å². The van der Waals surface area contributed by atoms with Gasteiger partial charge in [0.25, 0.3) is 0 Å². The summed E-state index contributed by atoms with van der Waals surface area (Å²) in [5.41, 5.74) is 3.33. The van der Waals surface area contributed by atoms with E-state index in [9.17, 15) is 5.11 Å². The molecule has 0 saturated heterocycles. The van der Waals surface area contributed by atoms with Crippen LogP contribution in [-0.2, 0) is 6.54 Å². The third-order valence-electron chi connectivity index (χ3n) is 3.38. The summed E-state index contributed by atoms with van der Waals surface area (Å²) in [7, 11) is 0. The van der Waals surface area contributed by atoms with Crippen LogP contribution >= 0.6 is 11.8 Å². The molecule has 0 aliphatic heterocycles. The number of imidazole rings is 1. The van der Waals surface area contributed by atoms with E-state index in [2.05, 4.69) is 40.8 Å². The van der Waals surface area contributed by atoms with Crippen molar-refractivity contribution in [2.45, 2.75) is 31.7 Å². The van der Waals surface area contributed by atoms with Gasteiger partial charge in [-0.15, -0.1) is 0 Å². The van der Waals surface area contributed by atoms with Crippen LogP contribution in [0.1, 0.15) is 18.2 Å². The average molecular weight is 279 g/mol. The molecule has 0 aliphatic rings. The average Bonchev–Trinajstić information content (AvgIpc) is 2.80. The Hall–Kier alpha value is -1.04. The number of rotatable bonds is 6. The second-order valence-corrected chi connectivity index (χ2v) is 5.89. The summed E-state index contributed by atoms with van der Waals surface area (Å²) >= 11 is 1.69. The minimum Gasteiger partial charge on any atom is -0.395 e. The predicted octanol–water partition coefficient (Wildman–Crippen LogP) is 1.84. The highest BCUT2D eigenvalue weighted by atomic mass is 32.2. The van der Waals surface area contributed by atoms with Crippen LogP contribution in [0.2, 0.25) is 0 Å². The molecule has 0 radical (unpaired) electrons. The van der Waals surface area contributed by atoms with E-state index in [1.54, 1.807) is 11.8 Å². The molecule has 2 aromatic heterocycles. The fourth-order valence-corrected chi connectivity index (χ4v) is 2.76. The Labute approximate surface area is 118 Å². The summed E-state index contributed by atoms with van der Waals surface area (Å²) in [6, 6.07) is 4.36. The molecule has 2 heterocycles. The number of hydrogen-bond acceptors (Lipinski definition) is 4. The highest BCUT2D eigenvalue weighted by Crippen LogP contribution is 2.12. The van der Waals surface area contributed by atoms with E-state index in [-0.39, 0.29) is 17.9 Å². The van der Waals surface area contributed by atoms with Crippen molar-refractivity contribution in [1.82, 2.24) is 14.7 Å². The Kier molecular flexibility index (Phi) is 4.85. The quantitative estimate of drug-likeness (QED) is 0.847. The number of aliphatic hydroxyl groups excluding tert-OH is 1. The summed E-state index contributed by atoms with van der Waals surface area (Å²) in [4.78, 5) is 4.39. The Morgan fingerprint density at radius 1 is 1.47 bits per heavy atom. The van der Waals surface area contributed by atoms with Gasteiger partial charge < -0.3 is 14.8 Å². The Morgan fingerprint density at radius 2 is 2.26 bits per heavy atom. The minimum atomic E-state index is 0.196. The Morgan fingerprint density at radius 3 is 2.95 bits per heavy atom. The summed E-state index contributed by atoms with van der Waals surface area (Å²) < 4.78 is 2.11. The number of nitrogens with zero attached hydrogens (tertiary/aromatic N) is 2. The van der Waals surface area contributed by atoms with Crippen molar-refractivity contribution >= 4 is 17.4 Å². The second-order valence-electron chi connectivity index (χ2n) is 4.81. The first-order chi connectivity index (χ1) is 9.15. The lowest BCUT2D eigenvalue weighted by Crippen LogP contribution is -2.37. The number of nitrogens with one attached hydrogen (secondary N) is 1. The Balaban J connectivity index is 2.07. The summed E-state index contributed by atoms with van der Waals surface area (Å²) in [6.45, 7) is 5.13. The number of aromatic nitrogens is 2. The van der Waals surface area contributed by atoms with Crippen LogP contribution in [0.3, 0.4) is 0 Å². The smallest absolute Gasteiger partial charge is 0.136 e. The topological polar surface area (TPSA) is 49.6 Å². The van der Waals surface area contributed by atoms with Gasteiger partial charge in [0.15, 0.2) is 0 Å². The molecule has 104 valence electrons. The van der Waals surface area contributed by atoms with Crippen molar-refractivity contribution < 1.29 is 5.11 Å². The summed E-state index contributed by atoms with van der Waals surface area (Å²) in [5, 5.41) is 13.0. The first-order valence-electron chi connectivity index (χ1n) is 6.45. The van der Waals surface area contributed by atoms with E-state index in [1.165, 1.54) is 5.56 Å². The monoisotopic (exact) mass is 279 g/mol. The number of aliphatic hydroxyl groups is 1. The second kappa shape index (κ2) is 6.41. The highest BCUT2D eigenvalue weighted by molar-refractivity contribution is 7.99. The van der Waals surface area contributed by atoms with E-state index < -0.39 is 0 Å². The molecular formula is C14H21N3OS. The van der Waals surface area contributed by atoms with Crippen LogP contribution in [0.25, 0.3) is 5.65 Å². The molecule has 0 fully saturated rings. The van der Waals surface area contributed by atoms with Crippen LogP contribution in [-0.4, -0.2) is 38.6 Å². The van der Waals surface area contributed by atoms with E-state index in [0.29, 0.717) is 0 Å². The maximum Gasteiger partial charge on any atom is 0.136 e. The molecule has 0 aliphatic carbocycles. The van der Waals surface area contributed by atoms with Crippen molar-refractivity contribution in [2.24, 2.45) is 0 Å². The zero-order valence-electron chi connectivity index (χ0n) is 11.6. The van der Waals surface area contributed by atoms with Crippen molar-refractivity contribution in [1.29, 1.82) is 0 Å². The van der Waals surface area contributed by atoms with Crippen LogP contribution in [0.4, 0.5) is 0 Å². The van der Waals surface area contributed by atoms with Gasteiger partial charge in [0.1, 0.15) is 5.65 Å². The first-order valence-corrected chi connectivity index (χ1v) is 7.74. The zero-order chi connectivity index (χ0) is 13.8. The fraction of sp³-hybridized carbons (Fsp3) is 0.500. The van der Waals surface area contributed by atoms with Crippen LogP contribution in [0.15, 0.2) is 24.5 Å². The molecular weight excluding hydrogens is 258 g/mol. The third kappa shape index (κ3) is 3.29. The van der Waals surface area contributed by atoms with Gasteiger partial charge in [-0.05, 0) is 31.7 Å². The van der Waals surface area contributed by atoms with Crippen LogP contribution in [0, 0.1) is 6.92 Å². The molecule has 2 atom stereocenters. The largest absolute Gasteiger partial charge is 0.395 e. The first kappa shape index (κ1) is 14.4. The third-order valence-corrected chi connectivity index (χ3v) is 4.54. The van der Waals surface area contributed by atoms with Gasteiger partial charge >= 0.3 is 0 Å². The van der Waals surface area contributed by atoms with E-state index >= 15 is 0 Å². The molecule has 0 bridgehead atoms. The van der Waals surface area contributed by atoms with Gasteiger partial charge in [-0.1, -0.05) is 6.07 Å². The summed E-state index contributed by atoms with van der Waals surface area (Å²) in [6.07, 6.45) is 6.03. The lowest BCUT2D eigenvalue weighted by molar-refractivity contribution is 0.275. The molecule has 5 heteroatoms. The Bertz CT molecular complexity index is 536. The van der Waals surface area contributed by atoms with Crippen molar-refractivity contribution in [3.8, 4) is 0 Å². The van der Waals surface area contributed by atoms with Crippen molar-refractivity contribution in [2.75, 3.05) is 12.9 Å². The number of fused-ring (bicyclic) bond motifs is 1. The molecule has 2 N–H and O–H groups in total. The maximum absolute atomic E-state index is 9.28. The number of hydrogen-bond donors (Lipinski definition) is 2. The normalized spacial score (nSPS) is 14.7. The number of aryl methyl sites for hydroxylation is 1. The molecule has 0 amide bonds. The lowest BCUT2D eigenvalue weighted by atomic mass is 10.2. The van der Waals surface area contributed by atoms with E-state index in [1.807, 2.05) is 18.5 Å². The lowest BCUT2D eigenvalue weighted by Gasteiger charge is -2.21. The van der Waals surface area contributed by atoms with Gasteiger partial charge in [0, 0.05) is 24.0 Å². The van der Waals surface area contributed by atoms with Crippen molar-refractivity contribution in [3.05, 3.63) is 35.8 Å². The number of thioether (sulfide) groups is 1. The molecule has 2 aromatic rings. The molecule has 2 unspecified atom stereocenters. The predicted molar refractivity (Wildman–Crippen MR) is 80.6 cm³/mol. The van der Waals surface area contributed by atoms with Gasteiger partial charge in [0.05, 0.1) is 18.5 Å². The van der Waals surface area contributed by atoms with Gasteiger partial charge in [-0.2, -0.15) is 11.8 Å². The van der Waals surface area contributed by atoms with Gasteiger partial charge in [0.2, 0.25) is 0 Å². The van der Waals surface area contributed by atoms with Crippen molar-refractivity contribution in [3.63, 3.8) is 0 Å². The molecule has 4 nitrogen and oxygen atoms in total. The van der Waals surface area contributed by atoms with Gasteiger partial charge in [-0.25, -0.2) is 4.98 Å². The number of pyridine rings is 1. The minimum absolute atomic E-state index is 0.196. The zero-order valence-corrected chi connectivity index (χ0v) is 12.4. The highest BCUT2D eigenvalue weighted by Gasteiger charge is 2.15. The molecule has 2 rings (SSSR count).